The molecular weight excluding hydrogens is 436 g/mol. The third kappa shape index (κ3) is 3.39. The molecule has 2 aliphatic carbocycles. The van der Waals surface area contributed by atoms with Crippen molar-refractivity contribution in [3.8, 4) is 22.3 Å². The van der Waals surface area contributed by atoms with Crippen molar-refractivity contribution >= 4 is 0 Å². The maximum atomic E-state index is 6.13. The van der Waals surface area contributed by atoms with Crippen LogP contribution in [0.4, 0.5) is 0 Å². The van der Waals surface area contributed by atoms with Crippen molar-refractivity contribution in [2.45, 2.75) is 49.4 Å². The SMILES string of the molecule is NCCCC1(CCC2(CCCN)c3ccccc3-c3ccccc32)c2ccccc2-c2ccccc21. The van der Waals surface area contributed by atoms with Crippen LogP contribution in [0.5, 0.6) is 0 Å². The minimum Gasteiger partial charge on any atom is -0.330 e. The summed E-state index contributed by atoms with van der Waals surface area (Å²) in [7, 11) is 0. The van der Waals surface area contributed by atoms with Gasteiger partial charge in [-0.3, -0.25) is 0 Å². The molecule has 0 saturated heterocycles. The van der Waals surface area contributed by atoms with Crippen LogP contribution < -0.4 is 11.5 Å². The summed E-state index contributed by atoms with van der Waals surface area (Å²) in [6.07, 6.45) is 6.38. The van der Waals surface area contributed by atoms with Gasteiger partial charge in [-0.15, -0.1) is 0 Å². The fourth-order valence-corrected chi connectivity index (χ4v) is 7.39. The van der Waals surface area contributed by atoms with Gasteiger partial charge in [0.2, 0.25) is 0 Å². The smallest absolute Gasteiger partial charge is 0.0216 e. The van der Waals surface area contributed by atoms with Crippen LogP contribution in [0, 0.1) is 0 Å². The second kappa shape index (κ2) is 9.35. The standard InChI is InChI=1S/C34H36N2/c35-23-9-19-33(29-15-5-1-11-25(29)26-12-2-6-16-30(26)33)21-22-34(20-10-24-36)31-17-7-3-13-27(31)28-14-4-8-18-32(28)34/h1-8,11-18H,9-10,19-24,35-36H2. The highest BCUT2D eigenvalue weighted by Crippen LogP contribution is 2.58. The Morgan fingerprint density at radius 3 is 0.944 bits per heavy atom. The van der Waals surface area contributed by atoms with Gasteiger partial charge in [-0.1, -0.05) is 97.1 Å². The Morgan fingerprint density at radius 2 is 0.667 bits per heavy atom. The maximum Gasteiger partial charge on any atom is 0.0216 e. The number of fused-ring (bicyclic) bond motifs is 6. The van der Waals surface area contributed by atoms with Gasteiger partial charge in [0.1, 0.15) is 0 Å². The van der Waals surface area contributed by atoms with Crippen molar-refractivity contribution in [3.63, 3.8) is 0 Å². The number of hydrogen-bond donors (Lipinski definition) is 2. The summed E-state index contributed by atoms with van der Waals surface area (Å²) < 4.78 is 0. The van der Waals surface area contributed by atoms with Gasteiger partial charge >= 0.3 is 0 Å². The van der Waals surface area contributed by atoms with Gasteiger partial charge in [-0.05, 0) is 96.1 Å². The highest BCUT2D eigenvalue weighted by atomic mass is 14.6. The molecule has 0 bridgehead atoms. The number of nitrogens with two attached hydrogens (primary N) is 2. The topological polar surface area (TPSA) is 52.0 Å². The normalized spacial score (nSPS) is 15.7. The first kappa shape index (κ1) is 23.2. The van der Waals surface area contributed by atoms with Crippen LogP contribution in [-0.4, -0.2) is 13.1 Å². The molecule has 0 amide bonds. The van der Waals surface area contributed by atoms with E-state index in [9.17, 15) is 0 Å². The quantitative estimate of drug-likeness (QED) is 0.271. The molecule has 0 fully saturated rings. The van der Waals surface area contributed by atoms with E-state index in [-0.39, 0.29) is 10.8 Å². The van der Waals surface area contributed by atoms with Crippen molar-refractivity contribution < 1.29 is 0 Å². The number of rotatable bonds is 9. The van der Waals surface area contributed by atoms with Crippen LogP contribution in [-0.2, 0) is 10.8 Å². The highest BCUT2D eigenvalue weighted by molar-refractivity contribution is 5.82. The molecule has 2 heteroatoms. The molecule has 0 aromatic heterocycles. The number of hydrogen-bond acceptors (Lipinski definition) is 2. The first-order valence-electron chi connectivity index (χ1n) is 13.5. The summed E-state index contributed by atoms with van der Waals surface area (Å²) in [6, 6.07) is 36.3. The molecule has 0 radical (unpaired) electrons. The summed E-state index contributed by atoms with van der Waals surface area (Å²) in [6.45, 7) is 1.44. The Labute approximate surface area is 215 Å². The van der Waals surface area contributed by atoms with Gasteiger partial charge in [-0.25, -0.2) is 0 Å². The van der Waals surface area contributed by atoms with Gasteiger partial charge in [-0.2, -0.15) is 0 Å². The van der Waals surface area contributed by atoms with Gasteiger partial charge in [0, 0.05) is 10.8 Å². The largest absolute Gasteiger partial charge is 0.330 e. The molecule has 6 rings (SSSR count). The van der Waals surface area contributed by atoms with Crippen molar-refractivity contribution in [1.82, 2.24) is 0 Å². The third-order valence-electron chi connectivity index (χ3n) is 8.94. The van der Waals surface area contributed by atoms with Crippen LogP contribution in [0.15, 0.2) is 97.1 Å². The van der Waals surface area contributed by atoms with Crippen molar-refractivity contribution in [3.05, 3.63) is 119 Å². The lowest BCUT2D eigenvalue weighted by Gasteiger charge is -2.39. The van der Waals surface area contributed by atoms with Crippen molar-refractivity contribution in [2.24, 2.45) is 11.5 Å². The van der Waals surface area contributed by atoms with E-state index in [1.54, 1.807) is 0 Å². The molecule has 0 spiro atoms. The molecule has 0 unspecified atom stereocenters. The Hall–Kier alpha value is -3.20. The Balaban J connectivity index is 1.50. The summed E-state index contributed by atoms with van der Waals surface area (Å²) in [5.41, 5.74) is 23.7. The molecule has 2 aliphatic rings. The van der Waals surface area contributed by atoms with E-state index in [1.165, 1.54) is 44.5 Å². The second-order valence-corrected chi connectivity index (χ2v) is 10.6. The molecule has 4 aromatic carbocycles. The van der Waals surface area contributed by atoms with E-state index < -0.39 is 0 Å². The first-order valence-corrected chi connectivity index (χ1v) is 13.5. The van der Waals surface area contributed by atoms with Crippen molar-refractivity contribution in [1.29, 1.82) is 0 Å². The first-order chi connectivity index (χ1) is 17.7. The van der Waals surface area contributed by atoms with Crippen LogP contribution in [0.2, 0.25) is 0 Å². The van der Waals surface area contributed by atoms with Crippen molar-refractivity contribution in [2.75, 3.05) is 13.1 Å². The lowest BCUT2D eigenvalue weighted by atomic mass is 9.64. The number of benzene rings is 4. The Bertz CT molecular complexity index is 1190. The van der Waals surface area contributed by atoms with E-state index in [0.29, 0.717) is 0 Å². The molecule has 0 heterocycles. The van der Waals surface area contributed by atoms with E-state index in [1.807, 2.05) is 0 Å². The van der Waals surface area contributed by atoms with E-state index in [2.05, 4.69) is 97.1 Å². The van der Waals surface area contributed by atoms with Crippen LogP contribution in [0.25, 0.3) is 22.3 Å². The average molecular weight is 473 g/mol. The molecule has 2 nitrogen and oxygen atoms in total. The molecule has 0 aliphatic heterocycles. The van der Waals surface area contributed by atoms with Gasteiger partial charge in [0.25, 0.3) is 0 Å². The predicted octanol–water partition coefficient (Wildman–Crippen LogP) is 7.18. The summed E-state index contributed by atoms with van der Waals surface area (Å²) in [5.74, 6) is 0. The Kier molecular flexibility index (Phi) is 6.03. The molecule has 0 saturated carbocycles. The average Bonchev–Trinajstić information content (AvgIpc) is 3.38. The van der Waals surface area contributed by atoms with Gasteiger partial charge in [0.15, 0.2) is 0 Å². The van der Waals surface area contributed by atoms with Gasteiger partial charge < -0.3 is 11.5 Å². The minimum atomic E-state index is -0.0191. The molecule has 182 valence electrons. The monoisotopic (exact) mass is 472 g/mol. The fraction of sp³-hybridized carbons (Fsp3) is 0.294. The maximum absolute atomic E-state index is 6.13. The molecular formula is C34H36N2. The van der Waals surface area contributed by atoms with Crippen LogP contribution >= 0.6 is 0 Å². The van der Waals surface area contributed by atoms with E-state index in [4.69, 9.17) is 11.5 Å². The second-order valence-electron chi connectivity index (χ2n) is 10.6. The predicted molar refractivity (Wildman–Crippen MR) is 151 cm³/mol. The van der Waals surface area contributed by atoms with Gasteiger partial charge in [0.05, 0.1) is 0 Å². The summed E-state index contributed by atoms with van der Waals surface area (Å²) in [4.78, 5) is 0. The van der Waals surface area contributed by atoms with Crippen LogP contribution in [0.1, 0.15) is 60.8 Å². The Morgan fingerprint density at radius 1 is 0.389 bits per heavy atom. The molecule has 36 heavy (non-hydrogen) atoms. The zero-order chi connectivity index (χ0) is 24.6. The molecule has 4 aromatic rings. The lowest BCUT2D eigenvalue weighted by molar-refractivity contribution is 0.345. The molecule has 4 N–H and O–H groups in total. The zero-order valence-corrected chi connectivity index (χ0v) is 21.0. The van der Waals surface area contributed by atoms with E-state index >= 15 is 0 Å². The lowest BCUT2D eigenvalue weighted by Crippen LogP contribution is -2.33. The minimum absolute atomic E-state index is 0.0191. The third-order valence-corrected chi connectivity index (χ3v) is 8.94. The van der Waals surface area contributed by atoms with E-state index in [0.717, 1.165) is 51.6 Å². The highest BCUT2D eigenvalue weighted by Gasteiger charge is 2.47. The fourth-order valence-electron chi connectivity index (χ4n) is 7.39. The summed E-state index contributed by atoms with van der Waals surface area (Å²) in [5, 5.41) is 0. The summed E-state index contributed by atoms with van der Waals surface area (Å²) >= 11 is 0. The zero-order valence-electron chi connectivity index (χ0n) is 21.0. The molecule has 0 atom stereocenters. The van der Waals surface area contributed by atoms with Crippen LogP contribution in [0.3, 0.4) is 0 Å².